The predicted octanol–water partition coefficient (Wildman–Crippen LogP) is 3.39. The average molecular weight is 386 g/mol. The molecule has 0 aromatic heterocycles. The summed E-state index contributed by atoms with van der Waals surface area (Å²) in [5.41, 5.74) is 1.36. The van der Waals surface area contributed by atoms with E-state index in [2.05, 4.69) is 5.32 Å². The zero-order chi connectivity index (χ0) is 19.2. The lowest BCUT2D eigenvalue weighted by molar-refractivity contribution is -0.132. The summed E-state index contributed by atoms with van der Waals surface area (Å²) in [7, 11) is 1.58. The Labute approximate surface area is 161 Å². The number of nitrogens with zero attached hydrogens (tertiary/aromatic N) is 1. The smallest absolute Gasteiger partial charge is 0.248 e. The third-order valence-corrected chi connectivity index (χ3v) is 5.13. The van der Waals surface area contributed by atoms with Crippen LogP contribution in [0.5, 0.6) is 5.75 Å². The van der Waals surface area contributed by atoms with Gasteiger partial charge in [-0.2, -0.15) is 0 Å². The molecular formula is C20H19FN2O3S. The fraction of sp³-hybridized carbons (Fsp3) is 0.200. The highest BCUT2D eigenvalue weighted by Crippen LogP contribution is 2.23. The van der Waals surface area contributed by atoms with E-state index < -0.39 is 6.04 Å². The molecule has 3 rings (SSSR count). The van der Waals surface area contributed by atoms with Gasteiger partial charge in [0.15, 0.2) is 0 Å². The van der Waals surface area contributed by atoms with E-state index in [1.807, 2.05) is 0 Å². The van der Waals surface area contributed by atoms with Gasteiger partial charge in [0, 0.05) is 17.5 Å². The maximum Gasteiger partial charge on any atom is 0.248 e. The van der Waals surface area contributed by atoms with Gasteiger partial charge in [-0.15, -0.1) is 11.8 Å². The second kappa shape index (κ2) is 8.73. The molecule has 2 aromatic rings. The minimum absolute atomic E-state index is 0.228. The van der Waals surface area contributed by atoms with Crippen molar-refractivity contribution in [2.75, 3.05) is 24.1 Å². The highest BCUT2D eigenvalue weighted by molar-refractivity contribution is 7.99. The lowest BCUT2D eigenvalue weighted by Gasteiger charge is -2.21. The number of amides is 2. The van der Waals surface area contributed by atoms with Crippen LogP contribution in [0, 0.1) is 5.82 Å². The van der Waals surface area contributed by atoms with Crippen LogP contribution in [0.2, 0.25) is 0 Å². The van der Waals surface area contributed by atoms with E-state index in [1.54, 1.807) is 49.6 Å². The van der Waals surface area contributed by atoms with Crippen LogP contribution in [0.1, 0.15) is 5.56 Å². The number of methoxy groups -OCH3 is 1. The van der Waals surface area contributed by atoms with Crippen molar-refractivity contribution in [1.82, 2.24) is 4.90 Å². The van der Waals surface area contributed by atoms with Gasteiger partial charge in [0.2, 0.25) is 11.8 Å². The Morgan fingerprint density at radius 1 is 1.19 bits per heavy atom. The van der Waals surface area contributed by atoms with Crippen molar-refractivity contribution in [1.29, 1.82) is 0 Å². The molecule has 1 heterocycles. The zero-order valence-corrected chi connectivity index (χ0v) is 15.5. The van der Waals surface area contributed by atoms with Crippen LogP contribution >= 0.6 is 11.8 Å². The van der Waals surface area contributed by atoms with Crippen LogP contribution < -0.4 is 10.1 Å². The summed E-state index contributed by atoms with van der Waals surface area (Å²) < 4.78 is 18.0. The molecule has 27 heavy (non-hydrogen) atoms. The first kappa shape index (κ1) is 19.0. The molecule has 1 unspecified atom stereocenters. The van der Waals surface area contributed by atoms with E-state index in [-0.39, 0.29) is 17.6 Å². The Balaban J connectivity index is 1.63. The molecule has 1 aliphatic rings. The molecule has 1 N–H and O–H groups in total. The van der Waals surface area contributed by atoms with Crippen molar-refractivity contribution in [2.45, 2.75) is 6.04 Å². The largest absolute Gasteiger partial charge is 0.497 e. The van der Waals surface area contributed by atoms with E-state index in [1.165, 1.54) is 34.9 Å². The van der Waals surface area contributed by atoms with Gasteiger partial charge in [-0.25, -0.2) is 4.39 Å². The summed E-state index contributed by atoms with van der Waals surface area (Å²) in [4.78, 5) is 26.6. The van der Waals surface area contributed by atoms with Crippen LogP contribution in [0.25, 0.3) is 6.08 Å². The summed E-state index contributed by atoms with van der Waals surface area (Å²) >= 11 is 1.53. The van der Waals surface area contributed by atoms with Crippen molar-refractivity contribution in [3.8, 4) is 5.75 Å². The number of carbonyl (C=O) groups excluding carboxylic acids is 2. The normalized spacial score (nSPS) is 16.5. The quantitative estimate of drug-likeness (QED) is 0.801. The van der Waals surface area contributed by atoms with E-state index in [4.69, 9.17) is 4.74 Å². The van der Waals surface area contributed by atoms with Crippen LogP contribution in [0.15, 0.2) is 54.6 Å². The monoisotopic (exact) mass is 386 g/mol. The van der Waals surface area contributed by atoms with E-state index in [0.717, 1.165) is 5.56 Å². The molecule has 5 nitrogen and oxygen atoms in total. The molecule has 0 saturated carbocycles. The van der Waals surface area contributed by atoms with Crippen LogP contribution in [0.4, 0.5) is 10.1 Å². The first-order valence-corrected chi connectivity index (χ1v) is 9.49. The molecule has 1 aliphatic heterocycles. The highest BCUT2D eigenvalue weighted by Gasteiger charge is 2.33. The summed E-state index contributed by atoms with van der Waals surface area (Å²) in [6.07, 6.45) is 3.02. The van der Waals surface area contributed by atoms with Crippen LogP contribution in [-0.2, 0) is 9.59 Å². The molecule has 1 fully saturated rings. The number of hydrogen-bond donors (Lipinski definition) is 1. The van der Waals surface area contributed by atoms with Gasteiger partial charge in [-0.3, -0.25) is 9.59 Å². The molecule has 140 valence electrons. The first-order chi connectivity index (χ1) is 13.1. The number of hydrogen-bond acceptors (Lipinski definition) is 4. The number of nitrogens with one attached hydrogen (secondary N) is 1. The standard InChI is InChI=1S/C20H19FN2O3S/c1-26-17-9-7-16(8-10-17)22-20(25)18-12-27-13-23(18)19(24)11-4-14-2-5-15(21)6-3-14/h2-11,18H,12-13H2,1H3,(H,22,25)/b11-4+. The summed E-state index contributed by atoms with van der Waals surface area (Å²) in [6, 6.07) is 12.3. The van der Waals surface area contributed by atoms with Gasteiger partial charge in [-0.1, -0.05) is 12.1 Å². The second-order valence-corrected chi connectivity index (χ2v) is 6.93. The number of halogens is 1. The van der Waals surface area contributed by atoms with Crippen molar-refractivity contribution >= 4 is 35.3 Å². The van der Waals surface area contributed by atoms with Crippen LogP contribution in [-0.4, -0.2) is 41.5 Å². The third-order valence-electron chi connectivity index (χ3n) is 4.11. The number of ether oxygens (including phenoxy) is 1. The van der Waals surface area contributed by atoms with Gasteiger partial charge in [0.05, 0.1) is 13.0 Å². The van der Waals surface area contributed by atoms with E-state index in [9.17, 15) is 14.0 Å². The second-order valence-electron chi connectivity index (χ2n) is 5.93. The van der Waals surface area contributed by atoms with Gasteiger partial charge < -0.3 is 15.0 Å². The SMILES string of the molecule is COc1ccc(NC(=O)C2CSCN2C(=O)/C=C/c2ccc(F)cc2)cc1. The molecule has 7 heteroatoms. The molecule has 1 atom stereocenters. The molecule has 0 spiro atoms. The molecule has 0 aliphatic carbocycles. The maximum atomic E-state index is 12.9. The Morgan fingerprint density at radius 3 is 2.56 bits per heavy atom. The summed E-state index contributed by atoms with van der Waals surface area (Å²) in [6.45, 7) is 0. The fourth-order valence-corrected chi connectivity index (χ4v) is 3.78. The lowest BCUT2D eigenvalue weighted by Crippen LogP contribution is -2.43. The van der Waals surface area contributed by atoms with Gasteiger partial charge in [0.1, 0.15) is 17.6 Å². The van der Waals surface area contributed by atoms with E-state index >= 15 is 0 Å². The highest BCUT2D eigenvalue weighted by atomic mass is 32.2. The maximum absolute atomic E-state index is 12.9. The predicted molar refractivity (Wildman–Crippen MR) is 105 cm³/mol. The van der Waals surface area contributed by atoms with Gasteiger partial charge in [0.25, 0.3) is 0 Å². The summed E-state index contributed by atoms with van der Waals surface area (Å²) in [5, 5.41) is 2.83. The minimum atomic E-state index is -0.539. The Kier molecular flexibility index (Phi) is 6.13. The van der Waals surface area contributed by atoms with Gasteiger partial charge in [-0.05, 0) is 48.0 Å². The molecule has 0 bridgehead atoms. The topological polar surface area (TPSA) is 58.6 Å². The molecule has 0 radical (unpaired) electrons. The Morgan fingerprint density at radius 2 is 1.89 bits per heavy atom. The van der Waals surface area contributed by atoms with Gasteiger partial charge >= 0.3 is 0 Å². The number of carbonyl (C=O) groups is 2. The van der Waals surface area contributed by atoms with Crippen molar-refractivity contribution in [3.05, 3.63) is 66.0 Å². The average Bonchev–Trinajstić information content (AvgIpc) is 3.18. The number of benzene rings is 2. The molecule has 2 amide bonds. The minimum Gasteiger partial charge on any atom is -0.497 e. The van der Waals surface area contributed by atoms with E-state index in [0.29, 0.717) is 23.1 Å². The molecule has 2 aromatic carbocycles. The molecule has 1 saturated heterocycles. The first-order valence-electron chi connectivity index (χ1n) is 8.34. The number of rotatable bonds is 5. The summed E-state index contributed by atoms with van der Waals surface area (Å²) in [5.74, 6) is 0.885. The molecular weight excluding hydrogens is 367 g/mol. The Hall–Kier alpha value is -2.80. The Bertz CT molecular complexity index is 837. The number of anilines is 1. The van der Waals surface area contributed by atoms with Crippen molar-refractivity contribution in [3.63, 3.8) is 0 Å². The fourth-order valence-electron chi connectivity index (χ4n) is 2.61. The van der Waals surface area contributed by atoms with Crippen molar-refractivity contribution < 1.29 is 18.7 Å². The number of thioether (sulfide) groups is 1. The van der Waals surface area contributed by atoms with Crippen LogP contribution in [0.3, 0.4) is 0 Å². The zero-order valence-electron chi connectivity index (χ0n) is 14.7. The lowest BCUT2D eigenvalue weighted by atomic mass is 10.2. The van der Waals surface area contributed by atoms with Crippen molar-refractivity contribution in [2.24, 2.45) is 0 Å². The third kappa shape index (κ3) is 4.89.